The van der Waals surface area contributed by atoms with Crippen LogP contribution in [-0.2, 0) is 4.79 Å². The van der Waals surface area contributed by atoms with Gasteiger partial charge in [0, 0.05) is 0 Å². The van der Waals surface area contributed by atoms with E-state index in [0.29, 0.717) is 5.76 Å². The largest absolute Gasteiger partial charge is 0.448 e. The second-order valence-corrected chi connectivity index (χ2v) is 2.60. The predicted octanol–water partition coefficient (Wildman–Crippen LogP) is 1.52. The standard InChI is InChI=1S/C7H8ClNO2/c1-4(10)7(9)5-2-3-6(8)11-5/h2-3,7H,9H2,1H3. The first-order chi connectivity index (χ1) is 5.11. The van der Waals surface area contributed by atoms with Crippen LogP contribution in [0.2, 0.25) is 5.22 Å². The number of nitrogens with two attached hydrogens (primary N) is 1. The summed E-state index contributed by atoms with van der Waals surface area (Å²) in [7, 11) is 0. The minimum absolute atomic E-state index is 0.143. The van der Waals surface area contributed by atoms with Crippen LogP contribution in [-0.4, -0.2) is 5.78 Å². The fourth-order valence-corrected chi connectivity index (χ4v) is 0.848. The smallest absolute Gasteiger partial charge is 0.193 e. The van der Waals surface area contributed by atoms with Crippen molar-refractivity contribution in [3.63, 3.8) is 0 Å². The molecule has 0 amide bonds. The Balaban J connectivity index is 2.84. The van der Waals surface area contributed by atoms with Crippen LogP contribution in [0.15, 0.2) is 16.5 Å². The van der Waals surface area contributed by atoms with Crippen LogP contribution >= 0.6 is 11.6 Å². The number of hydrogen-bond acceptors (Lipinski definition) is 3. The number of carbonyl (C=O) groups is 1. The Labute approximate surface area is 69.1 Å². The van der Waals surface area contributed by atoms with Gasteiger partial charge in [0.1, 0.15) is 11.8 Å². The number of carbonyl (C=O) groups excluding carboxylic acids is 1. The van der Waals surface area contributed by atoms with Crippen molar-refractivity contribution in [2.24, 2.45) is 5.73 Å². The van der Waals surface area contributed by atoms with Crippen LogP contribution in [0.25, 0.3) is 0 Å². The molecule has 0 aliphatic rings. The first-order valence-corrected chi connectivity index (χ1v) is 3.50. The zero-order valence-corrected chi connectivity index (χ0v) is 6.76. The molecule has 3 nitrogen and oxygen atoms in total. The average Bonchev–Trinajstić information content (AvgIpc) is 2.34. The zero-order valence-electron chi connectivity index (χ0n) is 6.00. The molecule has 1 aromatic heterocycles. The molecular formula is C7H8ClNO2. The van der Waals surface area contributed by atoms with Crippen LogP contribution in [0.4, 0.5) is 0 Å². The Morgan fingerprint density at radius 2 is 2.36 bits per heavy atom. The lowest BCUT2D eigenvalue weighted by molar-refractivity contribution is -0.118. The molecule has 0 aliphatic carbocycles. The van der Waals surface area contributed by atoms with Gasteiger partial charge in [-0.2, -0.15) is 0 Å². The molecule has 0 aromatic carbocycles. The van der Waals surface area contributed by atoms with E-state index in [9.17, 15) is 4.79 Å². The third kappa shape index (κ3) is 1.82. The van der Waals surface area contributed by atoms with Gasteiger partial charge in [-0.25, -0.2) is 0 Å². The van der Waals surface area contributed by atoms with Gasteiger partial charge in [-0.05, 0) is 30.7 Å². The van der Waals surface area contributed by atoms with Crippen molar-refractivity contribution in [3.8, 4) is 0 Å². The van der Waals surface area contributed by atoms with E-state index in [0.717, 1.165) is 0 Å². The molecule has 11 heavy (non-hydrogen) atoms. The number of hydrogen-bond donors (Lipinski definition) is 1. The Hall–Kier alpha value is -0.800. The third-order valence-electron chi connectivity index (χ3n) is 1.34. The lowest BCUT2D eigenvalue weighted by Crippen LogP contribution is -2.17. The van der Waals surface area contributed by atoms with Gasteiger partial charge in [0.25, 0.3) is 0 Å². The summed E-state index contributed by atoms with van der Waals surface area (Å²) in [4.78, 5) is 10.7. The lowest BCUT2D eigenvalue weighted by Gasteiger charge is -2.01. The van der Waals surface area contributed by atoms with Gasteiger partial charge >= 0.3 is 0 Å². The highest BCUT2D eigenvalue weighted by atomic mass is 35.5. The van der Waals surface area contributed by atoms with Crippen molar-refractivity contribution in [1.82, 2.24) is 0 Å². The van der Waals surface area contributed by atoms with Gasteiger partial charge in [-0.15, -0.1) is 0 Å². The maximum absolute atomic E-state index is 10.7. The monoisotopic (exact) mass is 173 g/mol. The summed E-state index contributed by atoms with van der Waals surface area (Å²) in [5.74, 6) is 0.263. The summed E-state index contributed by atoms with van der Waals surface area (Å²) in [5, 5.41) is 0.247. The molecule has 0 fully saturated rings. The maximum Gasteiger partial charge on any atom is 0.193 e. The molecule has 1 atom stereocenters. The van der Waals surface area contributed by atoms with E-state index in [2.05, 4.69) is 0 Å². The van der Waals surface area contributed by atoms with E-state index in [1.807, 2.05) is 0 Å². The third-order valence-corrected chi connectivity index (χ3v) is 1.54. The quantitative estimate of drug-likeness (QED) is 0.738. The SMILES string of the molecule is CC(=O)C(N)c1ccc(Cl)o1. The van der Waals surface area contributed by atoms with E-state index < -0.39 is 6.04 Å². The van der Waals surface area contributed by atoms with Gasteiger partial charge in [0.2, 0.25) is 0 Å². The predicted molar refractivity (Wildman–Crippen MR) is 41.3 cm³/mol. The number of ketones is 1. The molecule has 4 heteroatoms. The van der Waals surface area contributed by atoms with E-state index in [1.54, 1.807) is 12.1 Å². The minimum atomic E-state index is -0.692. The topological polar surface area (TPSA) is 56.2 Å². The first-order valence-electron chi connectivity index (χ1n) is 3.12. The van der Waals surface area contributed by atoms with E-state index in [1.165, 1.54) is 6.92 Å². The Bertz CT molecular complexity index is 269. The van der Waals surface area contributed by atoms with Crippen molar-refractivity contribution in [3.05, 3.63) is 23.1 Å². The molecule has 0 radical (unpaired) electrons. The van der Waals surface area contributed by atoms with Crippen molar-refractivity contribution in [2.45, 2.75) is 13.0 Å². The molecule has 1 aromatic rings. The molecule has 1 unspecified atom stereocenters. The summed E-state index contributed by atoms with van der Waals surface area (Å²) in [6.07, 6.45) is 0. The van der Waals surface area contributed by atoms with Crippen LogP contribution in [0.5, 0.6) is 0 Å². The molecule has 60 valence electrons. The molecule has 2 N–H and O–H groups in total. The van der Waals surface area contributed by atoms with Crippen LogP contribution in [0.3, 0.4) is 0 Å². The Morgan fingerprint density at radius 3 is 2.73 bits per heavy atom. The molecular weight excluding hydrogens is 166 g/mol. The van der Waals surface area contributed by atoms with Gasteiger partial charge in [-0.3, -0.25) is 4.79 Å². The highest BCUT2D eigenvalue weighted by Gasteiger charge is 2.14. The van der Waals surface area contributed by atoms with Crippen molar-refractivity contribution < 1.29 is 9.21 Å². The molecule has 0 saturated heterocycles. The zero-order chi connectivity index (χ0) is 8.43. The van der Waals surface area contributed by atoms with Gasteiger partial charge in [0.05, 0.1) is 0 Å². The average molecular weight is 174 g/mol. The molecule has 0 aliphatic heterocycles. The van der Waals surface area contributed by atoms with Gasteiger partial charge in [-0.1, -0.05) is 0 Å². The van der Waals surface area contributed by atoms with E-state index >= 15 is 0 Å². The minimum Gasteiger partial charge on any atom is -0.448 e. The van der Waals surface area contributed by atoms with E-state index in [4.69, 9.17) is 21.8 Å². The highest BCUT2D eigenvalue weighted by molar-refractivity contribution is 6.28. The number of rotatable bonds is 2. The fourth-order valence-electron chi connectivity index (χ4n) is 0.696. The van der Waals surface area contributed by atoms with Crippen LogP contribution in [0.1, 0.15) is 18.7 Å². The summed E-state index contributed by atoms with van der Waals surface area (Å²) in [6.45, 7) is 1.40. The molecule has 0 bridgehead atoms. The molecule has 0 saturated carbocycles. The lowest BCUT2D eigenvalue weighted by atomic mass is 10.2. The summed E-state index contributed by atoms with van der Waals surface area (Å²) < 4.78 is 4.93. The van der Waals surface area contributed by atoms with Crippen molar-refractivity contribution >= 4 is 17.4 Å². The Morgan fingerprint density at radius 1 is 1.73 bits per heavy atom. The normalized spacial score (nSPS) is 13.0. The first kappa shape index (κ1) is 8.30. The highest BCUT2D eigenvalue weighted by Crippen LogP contribution is 2.18. The van der Waals surface area contributed by atoms with Gasteiger partial charge in [0.15, 0.2) is 11.0 Å². The van der Waals surface area contributed by atoms with Crippen molar-refractivity contribution in [2.75, 3.05) is 0 Å². The molecule has 1 rings (SSSR count). The van der Waals surface area contributed by atoms with Crippen LogP contribution in [0, 0.1) is 0 Å². The molecule has 1 heterocycles. The molecule has 0 spiro atoms. The Kier molecular flexibility index (Phi) is 2.31. The van der Waals surface area contributed by atoms with Gasteiger partial charge < -0.3 is 10.2 Å². The summed E-state index contributed by atoms with van der Waals surface area (Å²) >= 11 is 5.48. The number of Topliss-reactive ketones (excluding diaryl/α,β-unsaturated/α-hetero) is 1. The second-order valence-electron chi connectivity index (χ2n) is 2.23. The van der Waals surface area contributed by atoms with Crippen molar-refractivity contribution in [1.29, 1.82) is 0 Å². The number of furan rings is 1. The number of halogens is 1. The fraction of sp³-hybridized carbons (Fsp3) is 0.286. The summed E-state index contributed by atoms with van der Waals surface area (Å²) in [6, 6.07) is 2.45. The van der Waals surface area contributed by atoms with Crippen LogP contribution < -0.4 is 5.73 Å². The maximum atomic E-state index is 10.7. The summed E-state index contributed by atoms with van der Waals surface area (Å²) in [5.41, 5.74) is 5.45. The second kappa shape index (κ2) is 3.07. The van der Waals surface area contributed by atoms with E-state index in [-0.39, 0.29) is 11.0 Å².